The molecule has 0 spiro atoms. The summed E-state index contributed by atoms with van der Waals surface area (Å²) in [5.41, 5.74) is 3.82. The van der Waals surface area contributed by atoms with E-state index in [1.54, 1.807) is 0 Å². The van der Waals surface area contributed by atoms with E-state index in [9.17, 15) is 0 Å². The SMILES string of the molecule is C=CCCC(C1=N[C@@H](c2ccccc2)[C@H](c2ccccc2)N1)c1ccccc1. The highest BCUT2D eigenvalue weighted by molar-refractivity contribution is 5.91. The molecule has 3 aromatic rings. The lowest BCUT2D eigenvalue weighted by molar-refractivity contribution is 0.569. The highest BCUT2D eigenvalue weighted by Crippen LogP contribution is 2.39. The Morgan fingerprint density at radius 1 is 0.821 bits per heavy atom. The number of nitrogens with one attached hydrogen (secondary N) is 1. The lowest BCUT2D eigenvalue weighted by atomic mass is 9.92. The number of hydrogen-bond acceptors (Lipinski definition) is 2. The van der Waals surface area contributed by atoms with Crippen LogP contribution in [0.5, 0.6) is 0 Å². The second-order valence-corrected chi connectivity index (χ2v) is 7.23. The molecule has 4 rings (SSSR count). The quantitative estimate of drug-likeness (QED) is 0.493. The van der Waals surface area contributed by atoms with Crippen molar-refractivity contribution in [3.05, 3.63) is 120 Å². The maximum absolute atomic E-state index is 5.22. The van der Waals surface area contributed by atoms with E-state index < -0.39 is 0 Å². The van der Waals surface area contributed by atoms with Gasteiger partial charge in [-0.1, -0.05) is 97.1 Å². The molecule has 3 aromatic carbocycles. The zero-order chi connectivity index (χ0) is 19.2. The van der Waals surface area contributed by atoms with Crippen molar-refractivity contribution >= 4 is 5.84 Å². The first-order valence-corrected chi connectivity index (χ1v) is 9.97. The van der Waals surface area contributed by atoms with E-state index in [-0.39, 0.29) is 18.0 Å². The Morgan fingerprint density at radius 3 is 2.00 bits per heavy atom. The van der Waals surface area contributed by atoms with Crippen molar-refractivity contribution in [2.45, 2.75) is 30.8 Å². The minimum atomic E-state index is 0.0774. The molecule has 2 nitrogen and oxygen atoms in total. The lowest BCUT2D eigenvalue weighted by Gasteiger charge is -2.22. The van der Waals surface area contributed by atoms with Crippen molar-refractivity contribution < 1.29 is 0 Å². The van der Waals surface area contributed by atoms with Crippen LogP contribution in [0, 0.1) is 0 Å². The maximum atomic E-state index is 5.22. The van der Waals surface area contributed by atoms with E-state index in [4.69, 9.17) is 4.99 Å². The second-order valence-electron chi connectivity index (χ2n) is 7.23. The minimum Gasteiger partial charge on any atom is -0.364 e. The van der Waals surface area contributed by atoms with Crippen LogP contribution >= 0.6 is 0 Å². The molecule has 1 aliphatic rings. The number of allylic oxidation sites excluding steroid dienone is 1. The van der Waals surface area contributed by atoms with Gasteiger partial charge in [0.25, 0.3) is 0 Å². The summed E-state index contributed by atoms with van der Waals surface area (Å²) >= 11 is 0. The van der Waals surface area contributed by atoms with Gasteiger partial charge in [0, 0.05) is 5.92 Å². The fourth-order valence-electron chi connectivity index (χ4n) is 3.96. The van der Waals surface area contributed by atoms with Crippen molar-refractivity contribution in [2.24, 2.45) is 4.99 Å². The summed E-state index contributed by atoms with van der Waals surface area (Å²) in [4.78, 5) is 5.22. The first-order chi connectivity index (χ1) is 13.9. The van der Waals surface area contributed by atoms with Gasteiger partial charge in [-0.05, 0) is 29.5 Å². The van der Waals surface area contributed by atoms with Gasteiger partial charge in [0.15, 0.2) is 0 Å². The Hall–Kier alpha value is -3.13. The minimum absolute atomic E-state index is 0.0774. The average molecular weight is 367 g/mol. The zero-order valence-electron chi connectivity index (χ0n) is 16.0. The fraction of sp³-hybridized carbons (Fsp3) is 0.192. The first-order valence-electron chi connectivity index (χ1n) is 9.97. The summed E-state index contributed by atoms with van der Waals surface area (Å²) in [6.45, 7) is 3.92. The van der Waals surface area contributed by atoms with Crippen LogP contribution in [0.4, 0.5) is 0 Å². The molecule has 1 aliphatic heterocycles. The zero-order valence-corrected chi connectivity index (χ0v) is 16.0. The first kappa shape index (κ1) is 18.2. The average Bonchev–Trinajstić information content (AvgIpc) is 3.21. The van der Waals surface area contributed by atoms with Crippen molar-refractivity contribution in [1.82, 2.24) is 5.32 Å². The topological polar surface area (TPSA) is 24.4 Å². The number of aliphatic imine (C=N–C) groups is 1. The van der Waals surface area contributed by atoms with Gasteiger partial charge in [-0.15, -0.1) is 6.58 Å². The Morgan fingerprint density at radius 2 is 1.39 bits per heavy atom. The molecule has 0 saturated carbocycles. The molecule has 2 heteroatoms. The third-order valence-electron chi connectivity index (χ3n) is 5.39. The van der Waals surface area contributed by atoms with Crippen LogP contribution in [-0.2, 0) is 0 Å². The molecular formula is C26H26N2. The van der Waals surface area contributed by atoms with Crippen LogP contribution < -0.4 is 5.32 Å². The molecule has 0 bridgehead atoms. The summed E-state index contributed by atoms with van der Waals surface area (Å²) in [5, 5.41) is 3.78. The molecule has 0 saturated heterocycles. The van der Waals surface area contributed by atoms with Gasteiger partial charge in [0.2, 0.25) is 0 Å². The van der Waals surface area contributed by atoms with Crippen LogP contribution in [0.1, 0.15) is 47.5 Å². The Bertz CT molecular complexity index is 916. The molecule has 0 fully saturated rings. The van der Waals surface area contributed by atoms with Crippen molar-refractivity contribution in [1.29, 1.82) is 0 Å². The maximum Gasteiger partial charge on any atom is 0.105 e. The predicted molar refractivity (Wildman–Crippen MR) is 118 cm³/mol. The highest BCUT2D eigenvalue weighted by Gasteiger charge is 2.34. The molecule has 140 valence electrons. The molecule has 28 heavy (non-hydrogen) atoms. The molecule has 3 atom stereocenters. The Balaban J connectivity index is 1.72. The number of nitrogens with zero attached hydrogens (tertiary/aromatic N) is 1. The number of benzene rings is 3. The summed E-state index contributed by atoms with van der Waals surface area (Å²) in [7, 11) is 0. The number of hydrogen-bond donors (Lipinski definition) is 1. The van der Waals surface area contributed by atoms with Gasteiger partial charge < -0.3 is 5.32 Å². The van der Waals surface area contributed by atoms with E-state index in [1.165, 1.54) is 16.7 Å². The van der Waals surface area contributed by atoms with Crippen LogP contribution in [0.2, 0.25) is 0 Å². The molecule has 0 aromatic heterocycles. The third-order valence-corrected chi connectivity index (χ3v) is 5.39. The normalized spacial score (nSPS) is 19.5. The van der Waals surface area contributed by atoms with Gasteiger partial charge in [-0.3, -0.25) is 4.99 Å². The standard InChI is InChI=1S/C26H26N2/c1-2-3-19-23(20-13-7-4-8-14-20)26-27-24(21-15-9-5-10-16-21)25(28-26)22-17-11-6-12-18-22/h2,4-18,23-25H,1,3,19H2,(H,27,28)/t23?,24-,25-/m0/s1. The second kappa shape index (κ2) is 8.71. The van der Waals surface area contributed by atoms with Gasteiger partial charge in [-0.25, -0.2) is 0 Å². The van der Waals surface area contributed by atoms with Crippen molar-refractivity contribution in [2.75, 3.05) is 0 Å². The van der Waals surface area contributed by atoms with Crippen molar-refractivity contribution in [3.8, 4) is 0 Å². The number of rotatable bonds is 7. The van der Waals surface area contributed by atoms with E-state index in [0.29, 0.717) is 0 Å². The summed E-state index contributed by atoms with van der Waals surface area (Å²) in [6, 6.07) is 32.1. The molecule has 0 aliphatic carbocycles. The summed E-state index contributed by atoms with van der Waals surface area (Å²) in [6.07, 6.45) is 3.96. The van der Waals surface area contributed by atoms with E-state index in [0.717, 1.165) is 18.7 Å². The Kier molecular flexibility index (Phi) is 5.67. The summed E-state index contributed by atoms with van der Waals surface area (Å²) in [5.74, 6) is 1.33. The van der Waals surface area contributed by atoms with E-state index >= 15 is 0 Å². The lowest BCUT2D eigenvalue weighted by Crippen LogP contribution is -2.29. The Labute approximate surface area is 167 Å². The van der Waals surface area contributed by atoms with Gasteiger partial charge in [0.1, 0.15) is 11.9 Å². The van der Waals surface area contributed by atoms with Crippen LogP contribution in [0.3, 0.4) is 0 Å². The molecule has 1 N–H and O–H groups in total. The van der Waals surface area contributed by atoms with Gasteiger partial charge >= 0.3 is 0 Å². The number of amidine groups is 1. The monoisotopic (exact) mass is 366 g/mol. The smallest absolute Gasteiger partial charge is 0.105 e. The molecule has 1 unspecified atom stereocenters. The molecule has 1 heterocycles. The predicted octanol–water partition coefficient (Wildman–Crippen LogP) is 6.22. The molecule has 0 radical (unpaired) electrons. The van der Waals surface area contributed by atoms with Gasteiger partial charge in [-0.2, -0.15) is 0 Å². The summed E-state index contributed by atoms with van der Waals surface area (Å²) < 4.78 is 0. The van der Waals surface area contributed by atoms with Crippen LogP contribution in [-0.4, -0.2) is 5.84 Å². The van der Waals surface area contributed by atoms with E-state index in [2.05, 4.69) is 103 Å². The van der Waals surface area contributed by atoms with Crippen LogP contribution in [0.25, 0.3) is 0 Å². The highest BCUT2D eigenvalue weighted by atomic mass is 15.1. The fourth-order valence-corrected chi connectivity index (χ4v) is 3.96. The third kappa shape index (κ3) is 3.91. The molecule has 0 amide bonds. The van der Waals surface area contributed by atoms with Gasteiger partial charge in [0.05, 0.1) is 6.04 Å². The largest absolute Gasteiger partial charge is 0.364 e. The van der Waals surface area contributed by atoms with Crippen LogP contribution in [0.15, 0.2) is 109 Å². The van der Waals surface area contributed by atoms with E-state index in [1.807, 2.05) is 6.08 Å². The van der Waals surface area contributed by atoms with Crippen molar-refractivity contribution in [3.63, 3.8) is 0 Å². The molecular weight excluding hydrogens is 340 g/mol.